The van der Waals surface area contributed by atoms with Gasteiger partial charge in [0, 0.05) is 5.92 Å². The van der Waals surface area contributed by atoms with Crippen molar-refractivity contribution in [3.8, 4) is 0 Å². The van der Waals surface area contributed by atoms with Crippen LogP contribution < -0.4 is 5.32 Å². The molecule has 0 saturated heterocycles. The highest BCUT2D eigenvalue weighted by atomic mass is 16.3. The number of allylic oxidation sites excluding steroid dienone is 5. The van der Waals surface area contributed by atoms with Crippen molar-refractivity contribution in [1.82, 2.24) is 5.32 Å². The van der Waals surface area contributed by atoms with Crippen LogP contribution in [0.4, 0.5) is 0 Å². The molecule has 0 aromatic heterocycles. The molecule has 1 aliphatic carbocycles. The molecule has 1 unspecified atom stereocenters. The van der Waals surface area contributed by atoms with Crippen molar-refractivity contribution < 1.29 is 24.9 Å². The van der Waals surface area contributed by atoms with E-state index in [1.54, 1.807) is 50.3 Å². The fourth-order valence-corrected chi connectivity index (χ4v) is 2.91. The second-order valence-corrected chi connectivity index (χ2v) is 7.93. The highest BCUT2D eigenvalue weighted by Gasteiger charge is 2.26. The Morgan fingerprint density at radius 3 is 2.13 bits per heavy atom. The first-order valence-corrected chi connectivity index (χ1v) is 10.3. The predicted octanol–water partition coefficient (Wildman–Crippen LogP) is 2.52. The monoisotopic (exact) mass is 417 g/mol. The van der Waals surface area contributed by atoms with Crippen LogP contribution in [0.25, 0.3) is 0 Å². The van der Waals surface area contributed by atoms with Gasteiger partial charge in [0.25, 0.3) is 0 Å². The first-order valence-electron chi connectivity index (χ1n) is 10.3. The average molecular weight is 418 g/mol. The van der Waals surface area contributed by atoms with Crippen LogP contribution in [0.1, 0.15) is 47.5 Å². The van der Waals surface area contributed by atoms with E-state index in [1.807, 2.05) is 19.9 Å². The van der Waals surface area contributed by atoms with E-state index in [0.29, 0.717) is 12.0 Å². The molecule has 5 atom stereocenters. The van der Waals surface area contributed by atoms with Crippen LogP contribution in [0.5, 0.6) is 0 Å². The van der Waals surface area contributed by atoms with Crippen molar-refractivity contribution in [2.45, 2.75) is 71.8 Å². The summed E-state index contributed by atoms with van der Waals surface area (Å²) >= 11 is 0. The molecule has 6 nitrogen and oxygen atoms in total. The Kier molecular flexibility index (Phi) is 10.7. The van der Waals surface area contributed by atoms with Gasteiger partial charge in [-0.3, -0.25) is 9.59 Å². The minimum absolute atomic E-state index is 0.157. The second-order valence-electron chi connectivity index (χ2n) is 7.93. The summed E-state index contributed by atoms with van der Waals surface area (Å²) in [5.74, 6) is -1.30. The third-order valence-electron chi connectivity index (χ3n) is 4.98. The molecule has 166 valence electrons. The molecule has 4 N–H and O–H groups in total. The van der Waals surface area contributed by atoms with Gasteiger partial charge in [0.05, 0.1) is 18.2 Å². The second kappa shape index (κ2) is 12.4. The van der Waals surface area contributed by atoms with E-state index >= 15 is 0 Å². The van der Waals surface area contributed by atoms with Gasteiger partial charge in [-0.2, -0.15) is 0 Å². The Morgan fingerprint density at radius 2 is 1.57 bits per heavy atom. The lowest BCUT2D eigenvalue weighted by Crippen LogP contribution is -2.45. The Morgan fingerprint density at radius 1 is 1.03 bits per heavy atom. The number of Topliss-reactive ketones (excluding diaryl/α,β-unsaturated/α-hetero) is 1. The maximum absolute atomic E-state index is 12.9. The van der Waals surface area contributed by atoms with E-state index in [4.69, 9.17) is 0 Å². The number of nitrogens with one attached hydrogen (secondary N) is 1. The number of hydrogen-bond donors (Lipinski definition) is 4. The molecule has 1 aliphatic rings. The molecule has 30 heavy (non-hydrogen) atoms. The van der Waals surface area contributed by atoms with Crippen molar-refractivity contribution in [3.05, 3.63) is 59.3 Å². The van der Waals surface area contributed by atoms with Crippen LogP contribution in [0.2, 0.25) is 0 Å². The summed E-state index contributed by atoms with van der Waals surface area (Å²) < 4.78 is 0. The van der Waals surface area contributed by atoms with Gasteiger partial charge in [-0.15, -0.1) is 0 Å². The zero-order valence-electron chi connectivity index (χ0n) is 18.5. The molecule has 0 aromatic rings. The minimum Gasteiger partial charge on any atom is -0.389 e. The lowest BCUT2D eigenvalue weighted by Gasteiger charge is -2.23. The summed E-state index contributed by atoms with van der Waals surface area (Å²) in [6, 6.07) is -0.632. The fourth-order valence-electron chi connectivity index (χ4n) is 2.91. The molecule has 0 heterocycles. The predicted molar refractivity (Wildman–Crippen MR) is 119 cm³/mol. The largest absolute Gasteiger partial charge is 0.389 e. The van der Waals surface area contributed by atoms with Crippen LogP contribution in [-0.4, -0.2) is 51.4 Å². The van der Waals surface area contributed by atoms with Gasteiger partial charge in [0.2, 0.25) is 5.91 Å². The average Bonchev–Trinajstić information content (AvgIpc) is 2.70. The van der Waals surface area contributed by atoms with E-state index < -0.39 is 36.2 Å². The number of aliphatic hydroxyl groups is 3. The van der Waals surface area contributed by atoms with Gasteiger partial charge in [-0.05, 0) is 46.1 Å². The van der Waals surface area contributed by atoms with E-state index in [9.17, 15) is 24.9 Å². The summed E-state index contributed by atoms with van der Waals surface area (Å²) in [6.07, 6.45) is 10.2. The third-order valence-corrected chi connectivity index (χ3v) is 4.98. The summed E-state index contributed by atoms with van der Waals surface area (Å²) in [4.78, 5) is 24.9. The number of rotatable bonds is 2. The maximum atomic E-state index is 12.9. The number of carbonyl (C=O) groups excluding carboxylic acids is 2. The van der Waals surface area contributed by atoms with E-state index in [0.717, 1.165) is 11.1 Å². The van der Waals surface area contributed by atoms with Gasteiger partial charge in [0.15, 0.2) is 5.78 Å². The zero-order chi connectivity index (χ0) is 22.8. The Bertz CT molecular complexity index is 758. The number of carbonyl (C=O) groups is 2. The number of hydrogen-bond acceptors (Lipinski definition) is 5. The standard InChI is InChI=1S/C24H35NO5/c1-15-6-10-20(27)12-8-16(2)14-22(25-24(30)19(5)26)18(4)23(29)17(3)9-13-21(28)11-7-15/h6-9,11-12,14,18-22,26-28H,10,13H2,1-5H3,(H,25,30)/b11-7+,12-8+,15-6+,16-14+,17-9+/t18?,19-,20+,21-,22-/m1/s1. The van der Waals surface area contributed by atoms with Crippen molar-refractivity contribution in [3.63, 3.8) is 0 Å². The van der Waals surface area contributed by atoms with Crippen LogP contribution in [0.15, 0.2) is 59.3 Å². The maximum Gasteiger partial charge on any atom is 0.249 e. The molecule has 0 aliphatic heterocycles. The topological polar surface area (TPSA) is 107 Å². The SMILES string of the molecule is CC1=C\C[C@H](O)/C=C/C(C)=C/[C@@H](NC(=O)[C@@H](C)O)C(C)C(=O)/C(C)=C/C[C@H](O)\C=C\1. The lowest BCUT2D eigenvalue weighted by molar-refractivity contribution is -0.129. The van der Waals surface area contributed by atoms with Gasteiger partial charge in [0.1, 0.15) is 6.10 Å². The summed E-state index contributed by atoms with van der Waals surface area (Å²) in [6.45, 7) is 8.48. The first kappa shape index (κ1) is 25.8. The molecule has 6 heteroatoms. The lowest BCUT2D eigenvalue weighted by atomic mass is 9.90. The van der Waals surface area contributed by atoms with Crippen molar-refractivity contribution in [2.24, 2.45) is 5.92 Å². The number of aliphatic hydroxyl groups excluding tert-OH is 3. The Labute approximate surface area is 179 Å². The van der Waals surface area contributed by atoms with E-state index in [-0.39, 0.29) is 12.2 Å². The molecule has 0 bridgehead atoms. The molecule has 1 amide bonds. The van der Waals surface area contributed by atoms with Crippen LogP contribution in [-0.2, 0) is 9.59 Å². The molecular weight excluding hydrogens is 382 g/mol. The number of ketones is 1. The normalized spacial score (nSPS) is 35.5. The third kappa shape index (κ3) is 9.03. The van der Waals surface area contributed by atoms with Crippen LogP contribution in [0.3, 0.4) is 0 Å². The fraction of sp³-hybridized carbons (Fsp3) is 0.500. The smallest absolute Gasteiger partial charge is 0.249 e. The quantitative estimate of drug-likeness (QED) is 0.552. The Hall–Kier alpha value is -2.28. The van der Waals surface area contributed by atoms with Gasteiger partial charge < -0.3 is 20.6 Å². The first-order chi connectivity index (χ1) is 14.0. The zero-order valence-corrected chi connectivity index (χ0v) is 18.5. The summed E-state index contributed by atoms with van der Waals surface area (Å²) in [7, 11) is 0. The van der Waals surface area contributed by atoms with Crippen LogP contribution in [0, 0.1) is 5.92 Å². The molecular formula is C24H35NO5. The molecule has 1 rings (SSSR count). The van der Waals surface area contributed by atoms with Crippen molar-refractivity contribution in [1.29, 1.82) is 0 Å². The molecule has 0 radical (unpaired) electrons. The molecule has 0 saturated carbocycles. The molecule has 0 spiro atoms. The van der Waals surface area contributed by atoms with Crippen LogP contribution >= 0.6 is 0 Å². The van der Waals surface area contributed by atoms with Crippen molar-refractivity contribution >= 4 is 11.7 Å². The van der Waals surface area contributed by atoms with E-state index in [1.165, 1.54) is 6.92 Å². The summed E-state index contributed by atoms with van der Waals surface area (Å²) in [5.41, 5.74) is 2.19. The Balaban J connectivity index is 3.30. The van der Waals surface area contributed by atoms with Gasteiger partial charge >= 0.3 is 0 Å². The molecule has 0 fully saturated rings. The van der Waals surface area contributed by atoms with Crippen molar-refractivity contribution in [2.75, 3.05) is 0 Å². The minimum atomic E-state index is -1.20. The molecule has 0 aromatic carbocycles. The highest BCUT2D eigenvalue weighted by Crippen LogP contribution is 2.16. The summed E-state index contributed by atoms with van der Waals surface area (Å²) in [5, 5.41) is 32.6. The highest BCUT2D eigenvalue weighted by molar-refractivity contribution is 5.97. The van der Waals surface area contributed by atoms with E-state index in [2.05, 4.69) is 5.32 Å². The van der Waals surface area contributed by atoms with Gasteiger partial charge in [-0.1, -0.05) is 60.6 Å². The number of amides is 1. The van der Waals surface area contributed by atoms with Gasteiger partial charge in [-0.25, -0.2) is 0 Å².